The SMILES string of the molecule is CC[C@@H](NC(=O)N(C)Cc1cc(C)no1)c1ncnn1CC. The van der Waals surface area contributed by atoms with Gasteiger partial charge in [0.2, 0.25) is 0 Å². The van der Waals surface area contributed by atoms with Gasteiger partial charge in [-0.3, -0.25) is 0 Å². The molecule has 2 heterocycles. The van der Waals surface area contributed by atoms with Crippen LogP contribution in [0.15, 0.2) is 16.9 Å². The second-order valence-electron chi connectivity index (χ2n) is 5.13. The van der Waals surface area contributed by atoms with Gasteiger partial charge >= 0.3 is 6.03 Å². The standard InChI is InChI=1S/C14H22N6O2/c1-5-12(13-15-9-16-20(13)6-2)17-14(21)19(4)8-11-7-10(3)18-22-11/h7,9,12H,5-6,8H2,1-4H3,(H,17,21)/t12-/m1/s1. The number of urea groups is 1. The Balaban J connectivity index is 1.99. The summed E-state index contributed by atoms with van der Waals surface area (Å²) in [5.41, 5.74) is 0.797. The number of carbonyl (C=O) groups is 1. The molecule has 2 aromatic rings. The van der Waals surface area contributed by atoms with Crippen molar-refractivity contribution in [2.45, 2.75) is 46.3 Å². The topological polar surface area (TPSA) is 89.1 Å². The first-order valence-electron chi connectivity index (χ1n) is 7.36. The third-order valence-corrected chi connectivity index (χ3v) is 3.38. The van der Waals surface area contributed by atoms with E-state index in [-0.39, 0.29) is 12.1 Å². The van der Waals surface area contributed by atoms with Crippen molar-refractivity contribution < 1.29 is 9.32 Å². The quantitative estimate of drug-likeness (QED) is 0.880. The smallest absolute Gasteiger partial charge is 0.318 e. The average molecular weight is 306 g/mol. The third-order valence-electron chi connectivity index (χ3n) is 3.38. The zero-order valence-corrected chi connectivity index (χ0v) is 13.4. The van der Waals surface area contributed by atoms with Crippen LogP contribution in [-0.4, -0.2) is 37.9 Å². The number of carbonyl (C=O) groups excluding carboxylic acids is 1. The van der Waals surface area contributed by atoms with Crippen LogP contribution in [-0.2, 0) is 13.1 Å². The highest BCUT2D eigenvalue weighted by Gasteiger charge is 2.20. The summed E-state index contributed by atoms with van der Waals surface area (Å²) >= 11 is 0. The molecule has 1 atom stereocenters. The van der Waals surface area contributed by atoms with E-state index in [1.807, 2.05) is 26.8 Å². The summed E-state index contributed by atoms with van der Waals surface area (Å²) in [6.45, 7) is 6.92. The molecule has 0 radical (unpaired) electrons. The van der Waals surface area contributed by atoms with Crippen LogP contribution in [0, 0.1) is 6.92 Å². The van der Waals surface area contributed by atoms with Gasteiger partial charge in [-0.25, -0.2) is 14.5 Å². The first-order chi connectivity index (χ1) is 10.5. The largest absolute Gasteiger partial charge is 0.359 e. The maximum atomic E-state index is 12.3. The molecule has 0 aromatic carbocycles. The van der Waals surface area contributed by atoms with Gasteiger partial charge < -0.3 is 14.7 Å². The van der Waals surface area contributed by atoms with Gasteiger partial charge in [-0.15, -0.1) is 0 Å². The van der Waals surface area contributed by atoms with E-state index in [9.17, 15) is 4.79 Å². The molecule has 0 aliphatic heterocycles. The van der Waals surface area contributed by atoms with Gasteiger partial charge in [-0.2, -0.15) is 5.10 Å². The second-order valence-corrected chi connectivity index (χ2v) is 5.13. The van der Waals surface area contributed by atoms with Gasteiger partial charge in [0.1, 0.15) is 12.2 Å². The first-order valence-corrected chi connectivity index (χ1v) is 7.36. The van der Waals surface area contributed by atoms with E-state index < -0.39 is 0 Å². The predicted octanol–water partition coefficient (Wildman–Crippen LogP) is 1.89. The molecule has 120 valence electrons. The minimum Gasteiger partial charge on any atom is -0.359 e. The second kappa shape index (κ2) is 7.06. The fourth-order valence-corrected chi connectivity index (χ4v) is 2.19. The maximum absolute atomic E-state index is 12.3. The fraction of sp³-hybridized carbons (Fsp3) is 0.571. The van der Waals surface area contributed by atoms with E-state index in [1.165, 1.54) is 6.33 Å². The Kier molecular flexibility index (Phi) is 5.13. The molecule has 8 nitrogen and oxygen atoms in total. The van der Waals surface area contributed by atoms with Crippen LogP contribution in [0.2, 0.25) is 0 Å². The van der Waals surface area contributed by atoms with Crippen molar-refractivity contribution in [1.29, 1.82) is 0 Å². The molecule has 0 aliphatic rings. The molecule has 0 spiro atoms. The van der Waals surface area contributed by atoms with Crippen LogP contribution in [0.1, 0.15) is 43.6 Å². The number of aromatic nitrogens is 4. The summed E-state index contributed by atoms with van der Waals surface area (Å²) in [4.78, 5) is 18.1. The van der Waals surface area contributed by atoms with Gasteiger partial charge in [-0.05, 0) is 20.3 Å². The molecular weight excluding hydrogens is 284 g/mol. The normalized spacial score (nSPS) is 12.2. The lowest BCUT2D eigenvalue weighted by Crippen LogP contribution is -2.39. The molecule has 0 aliphatic carbocycles. The molecular formula is C14H22N6O2. The van der Waals surface area contributed by atoms with E-state index in [0.29, 0.717) is 12.3 Å². The van der Waals surface area contributed by atoms with Gasteiger partial charge in [0, 0.05) is 19.7 Å². The van der Waals surface area contributed by atoms with Crippen LogP contribution >= 0.6 is 0 Å². The van der Waals surface area contributed by atoms with Crippen molar-refractivity contribution in [3.63, 3.8) is 0 Å². The van der Waals surface area contributed by atoms with Crippen molar-refractivity contribution in [3.05, 3.63) is 29.7 Å². The van der Waals surface area contributed by atoms with Crippen molar-refractivity contribution in [3.8, 4) is 0 Å². The fourth-order valence-electron chi connectivity index (χ4n) is 2.19. The number of hydrogen-bond donors (Lipinski definition) is 1. The lowest BCUT2D eigenvalue weighted by molar-refractivity contribution is 0.195. The molecule has 2 amide bonds. The van der Waals surface area contributed by atoms with Gasteiger partial charge in [0.15, 0.2) is 5.76 Å². The zero-order valence-electron chi connectivity index (χ0n) is 13.4. The lowest BCUT2D eigenvalue weighted by Gasteiger charge is -2.21. The Bertz CT molecular complexity index is 620. The van der Waals surface area contributed by atoms with E-state index in [0.717, 1.165) is 24.5 Å². The highest BCUT2D eigenvalue weighted by atomic mass is 16.5. The van der Waals surface area contributed by atoms with Crippen molar-refractivity contribution >= 4 is 6.03 Å². The Morgan fingerprint density at radius 1 is 1.50 bits per heavy atom. The summed E-state index contributed by atoms with van der Waals surface area (Å²) in [7, 11) is 1.71. The molecule has 0 fully saturated rings. The van der Waals surface area contributed by atoms with Gasteiger partial charge in [0.25, 0.3) is 0 Å². The number of amides is 2. The summed E-state index contributed by atoms with van der Waals surface area (Å²) in [6, 6.07) is 1.45. The minimum atomic E-state index is -0.188. The highest BCUT2D eigenvalue weighted by Crippen LogP contribution is 2.14. The third kappa shape index (κ3) is 3.63. The van der Waals surface area contributed by atoms with Gasteiger partial charge in [0.05, 0.1) is 18.3 Å². The van der Waals surface area contributed by atoms with E-state index >= 15 is 0 Å². The first kappa shape index (κ1) is 16.0. The number of hydrogen-bond acceptors (Lipinski definition) is 5. The van der Waals surface area contributed by atoms with Crippen LogP contribution in [0.3, 0.4) is 0 Å². The Morgan fingerprint density at radius 2 is 2.27 bits per heavy atom. The average Bonchev–Trinajstić information content (AvgIpc) is 3.13. The molecule has 8 heteroatoms. The summed E-state index contributed by atoms with van der Waals surface area (Å²) in [5, 5.41) is 10.9. The van der Waals surface area contributed by atoms with Crippen LogP contribution < -0.4 is 5.32 Å². The van der Waals surface area contributed by atoms with Crippen LogP contribution in [0.4, 0.5) is 4.79 Å². The van der Waals surface area contributed by atoms with Crippen molar-refractivity contribution in [2.75, 3.05) is 7.05 Å². The molecule has 0 saturated carbocycles. The monoisotopic (exact) mass is 306 g/mol. The minimum absolute atomic E-state index is 0.172. The van der Waals surface area contributed by atoms with E-state index in [2.05, 4.69) is 20.6 Å². The molecule has 0 saturated heterocycles. The lowest BCUT2D eigenvalue weighted by atomic mass is 10.2. The molecule has 2 rings (SSSR count). The maximum Gasteiger partial charge on any atom is 0.318 e. The number of rotatable bonds is 6. The predicted molar refractivity (Wildman–Crippen MR) is 80.0 cm³/mol. The Hall–Kier alpha value is -2.38. The summed E-state index contributed by atoms with van der Waals surface area (Å²) < 4.78 is 6.91. The van der Waals surface area contributed by atoms with Gasteiger partial charge in [-0.1, -0.05) is 12.1 Å². The number of nitrogens with one attached hydrogen (secondary N) is 1. The Morgan fingerprint density at radius 3 is 2.86 bits per heavy atom. The number of aryl methyl sites for hydroxylation is 2. The summed E-state index contributed by atoms with van der Waals surface area (Å²) in [6.07, 6.45) is 2.24. The summed E-state index contributed by atoms with van der Waals surface area (Å²) in [5.74, 6) is 1.42. The molecule has 0 bridgehead atoms. The van der Waals surface area contributed by atoms with E-state index in [4.69, 9.17) is 4.52 Å². The number of nitrogens with zero attached hydrogens (tertiary/aromatic N) is 5. The van der Waals surface area contributed by atoms with Crippen molar-refractivity contribution in [1.82, 2.24) is 30.1 Å². The molecule has 0 unspecified atom stereocenters. The van der Waals surface area contributed by atoms with E-state index in [1.54, 1.807) is 16.6 Å². The highest BCUT2D eigenvalue weighted by molar-refractivity contribution is 5.74. The molecule has 2 aromatic heterocycles. The molecule has 22 heavy (non-hydrogen) atoms. The van der Waals surface area contributed by atoms with Crippen LogP contribution in [0.25, 0.3) is 0 Å². The zero-order chi connectivity index (χ0) is 16.1. The van der Waals surface area contributed by atoms with Crippen LogP contribution in [0.5, 0.6) is 0 Å². The van der Waals surface area contributed by atoms with Crippen molar-refractivity contribution in [2.24, 2.45) is 0 Å². The molecule has 1 N–H and O–H groups in total. The Labute approximate surface area is 129 Å².